The number of sulfone groups is 1. The minimum Gasteiger partial charge on any atom is -0.493 e. The number of hydrogen-bond acceptors (Lipinski definition) is 7. The van der Waals surface area contributed by atoms with Crippen LogP contribution in [0.15, 0.2) is 23.6 Å². The lowest BCUT2D eigenvalue weighted by Gasteiger charge is -2.12. The fourth-order valence-corrected chi connectivity index (χ4v) is 4.75. The van der Waals surface area contributed by atoms with Crippen molar-refractivity contribution < 1.29 is 22.7 Å². The van der Waals surface area contributed by atoms with Crippen LogP contribution < -0.4 is 14.8 Å². The normalized spacial score (nSPS) is 15.1. The SMILES string of the molecule is CCOc1ccc(-c2nc(CS(=O)(=O)[C@@H](C)C(=O)NC3CC3)cs2)cc1OC. The maximum atomic E-state index is 12.6. The van der Waals surface area contributed by atoms with E-state index in [1.165, 1.54) is 18.3 Å². The van der Waals surface area contributed by atoms with Crippen molar-refractivity contribution in [2.24, 2.45) is 0 Å². The summed E-state index contributed by atoms with van der Waals surface area (Å²) in [4.78, 5) is 16.5. The Balaban J connectivity index is 1.73. The molecule has 7 nitrogen and oxygen atoms in total. The lowest BCUT2D eigenvalue weighted by molar-refractivity contribution is -0.120. The van der Waals surface area contributed by atoms with E-state index in [2.05, 4.69) is 10.3 Å². The molecule has 0 bridgehead atoms. The van der Waals surface area contributed by atoms with Crippen LogP contribution >= 0.6 is 11.3 Å². The molecule has 2 aromatic rings. The number of thiazole rings is 1. The highest BCUT2D eigenvalue weighted by Crippen LogP contribution is 2.34. The van der Waals surface area contributed by atoms with Gasteiger partial charge in [0, 0.05) is 17.0 Å². The highest BCUT2D eigenvalue weighted by Gasteiger charge is 2.32. The van der Waals surface area contributed by atoms with Crippen LogP contribution in [0.5, 0.6) is 11.5 Å². The quantitative estimate of drug-likeness (QED) is 0.665. The van der Waals surface area contributed by atoms with E-state index in [0.717, 1.165) is 18.4 Å². The van der Waals surface area contributed by atoms with E-state index in [-0.39, 0.29) is 11.8 Å². The maximum Gasteiger partial charge on any atom is 0.238 e. The second-order valence-corrected chi connectivity index (χ2v) is 9.85. The molecule has 1 heterocycles. The highest BCUT2D eigenvalue weighted by atomic mass is 32.2. The molecule has 1 atom stereocenters. The summed E-state index contributed by atoms with van der Waals surface area (Å²) >= 11 is 1.35. The molecule has 1 aromatic carbocycles. The van der Waals surface area contributed by atoms with Gasteiger partial charge >= 0.3 is 0 Å². The topological polar surface area (TPSA) is 94.6 Å². The molecule has 0 aliphatic heterocycles. The fourth-order valence-electron chi connectivity index (χ4n) is 2.62. The predicted octanol–water partition coefficient (Wildman–Crippen LogP) is 2.80. The first-order valence-corrected chi connectivity index (χ1v) is 11.7. The van der Waals surface area contributed by atoms with Crippen LogP contribution in [0, 0.1) is 0 Å². The Labute approximate surface area is 169 Å². The Bertz CT molecular complexity index is 951. The highest BCUT2D eigenvalue weighted by molar-refractivity contribution is 7.92. The lowest BCUT2D eigenvalue weighted by atomic mass is 10.2. The van der Waals surface area contributed by atoms with Crippen molar-refractivity contribution in [3.63, 3.8) is 0 Å². The zero-order valence-electron chi connectivity index (χ0n) is 16.1. The number of aromatic nitrogens is 1. The first-order chi connectivity index (χ1) is 13.3. The van der Waals surface area contributed by atoms with Crippen molar-refractivity contribution in [1.82, 2.24) is 10.3 Å². The number of nitrogens with one attached hydrogen (secondary N) is 1. The first-order valence-electron chi connectivity index (χ1n) is 9.11. The van der Waals surface area contributed by atoms with E-state index in [9.17, 15) is 13.2 Å². The minimum atomic E-state index is -3.64. The third kappa shape index (κ3) is 4.82. The summed E-state index contributed by atoms with van der Waals surface area (Å²) in [6.45, 7) is 3.85. The van der Waals surface area contributed by atoms with E-state index in [1.807, 2.05) is 19.1 Å². The summed E-state index contributed by atoms with van der Waals surface area (Å²) in [7, 11) is -2.07. The molecule has 1 N–H and O–H groups in total. The van der Waals surface area contributed by atoms with Gasteiger partial charge in [-0.3, -0.25) is 4.79 Å². The van der Waals surface area contributed by atoms with Gasteiger partial charge in [0.2, 0.25) is 5.91 Å². The van der Waals surface area contributed by atoms with Gasteiger partial charge in [-0.25, -0.2) is 13.4 Å². The zero-order chi connectivity index (χ0) is 20.3. The van der Waals surface area contributed by atoms with Gasteiger partial charge in [0.05, 0.1) is 25.2 Å². The number of carbonyl (C=O) groups excluding carboxylic acids is 1. The number of methoxy groups -OCH3 is 1. The Hall–Kier alpha value is -2.13. The molecule has 1 aliphatic carbocycles. The molecular formula is C19H24N2O5S2. The summed E-state index contributed by atoms with van der Waals surface area (Å²) in [5, 5.41) is 4.04. The van der Waals surface area contributed by atoms with Crippen LogP contribution in [0.25, 0.3) is 10.6 Å². The van der Waals surface area contributed by atoms with Crippen molar-refractivity contribution in [2.75, 3.05) is 13.7 Å². The van der Waals surface area contributed by atoms with Crippen LogP contribution in [-0.4, -0.2) is 44.3 Å². The second-order valence-electron chi connectivity index (χ2n) is 6.67. The molecule has 1 fully saturated rings. The molecule has 0 unspecified atom stereocenters. The van der Waals surface area contributed by atoms with Gasteiger partial charge in [-0.05, 0) is 44.9 Å². The molecule has 1 aliphatic rings. The van der Waals surface area contributed by atoms with Crippen LogP contribution in [-0.2, 0) is 20.4 Å². The van der Waals surface area contributed by atoms with Crippen molar-refractivity contribution in [1.29, 1.82) is 0 Å². The van der Waals surface area contributed by atoms with Crippen LogP contribution in [0.2, 0.25) is 0 Å². The van der Waals surface area contributed by atoms with Crippen molar-refractivity contribution in [2.45, 2.75) is 43.7 Å². The average molecular weight is 425 g/mol. The van der Waals surface area contributed by atoms with Gasteiger partial charge in [-0.15, -0.1) is 11.3 Å². The average Bonchev–Trinajstić information content (AvgIpc) is 3.37. The van der Waals surface area contributed by atoms with E-state index < -0.39 is 21.0 Å². The largest absolute Gasteiger partial charge is 0.493 e. The summed E-state index contributed by atoms with van der Waals surface area (Å²) in [6, 6.07) is 5.61. The van der Waals surface area contributed by atoms with Crippen molar-refractivity contribution in [3.8, 4) is 22.1 Å². The van der Waals surface area contributed by atoms with Crippen LogP contribution in [0.3, 0.4) is 0 Å². The third-order valence-corrected chi connectivity index (χ3v) is 7.37. The molecule has 1 amide bonds. The number of rotatable bonds is 9. The summed E-state index contributed by atoms with van der Waals surface area (Å²) < 4.78 is 36.0. The first kappa shape index (κ1) is 20.6. The summed E-state index contributed by atoms with van der Waals surface area (Å²) in [5.41, 5.74) is 1.24. The Morgan fingerprint density at radius 3 is 2.75 bits per heavy atom. The zero-order valence-corrected chi connectivity index (χ0v) is 17.7. The second kappa shape index (κ2) is 8.48. The molecule has 0 saturated heterocycles. The van der Waals surface area contributed by atoms with Gasteiger partial charge in [-0.1, -0.05) is 0 Å². The minimum absolute atomic E-state index is 0.130. The van der Waals surface area contributed by atoms with Crippen LogP contribution in [0.4, 0.5) is 0 Å². The maximum absolute atomic E-state index is 12.6. The molecule has 28 heavy (non-hydrogen) atoms. The number of nitrogens with zero attached hydrogens (tertiary/aromatic N) is 1. The molecule has 3 rings (SSSR count). The Morgan fingerprint density at radius 1 is 1.36 bits per heavy atom. The summed E-state index contributed by atoms with van der Waals surface area (Å²) in [6.07, 6.45) is 1.83. The molecule has 1 saturated carbocycles. The van der Waals surface area contributed by atoms with Gasteiger partial charge in [0.15, 0.2) is 21.3 Å². The monoisotopic (exact) mass is 424 g/mol. The molecule has 152 valence electrons. The fraction of sp³-hybridized carbons (Fsp3) is 0.474. The molecular weight excluding hydrogens is 400 g/mol. The van der Waals surface area contributed by atoms with Crippen molar-refractivity contribution in [3.05, 3.63) is 29.3 Å². The Morgan fingerprint density at radius 2 is 2.11 bits per heavy atom. The number of benzene rings is 1. The molecule has 9 heteroatoms. The van der Waals surface area contributed by atoms with Crippen molar-refractivity contribution >= 4 is 27.1 Å². The van der Waals surface area contributed by atoms with E-state index in [0.29, 0.717) is 28.8 Å². The lowest BCUT2D eigenvalue weighted by Crippen LogP contribution is -2.39. The van der Waals surface area contributed by atoms with Gasteiger partial charge < -0.3 is 14.8 Å². The molecule has 0 radical (unpaired) electrons. The van der Waals surface area contributed by atoms with E-state index in [4.69, 9.17) is 9.47 Å². The smallest absolute Gasteiger partial charge is 0.238 e. The number of hydrogen-bond donors (Lipinski definition) is 1. The predicted molar refractivity (Wildman–Crippen MR) is 109 cm³/mol. The molecule has 1 aromatic heterocycles. The summed E-state index contributed by atoms with van der Waals surface area (Å²) in [5.74, 6) is 0.531. The van der Waals surface area contributed by atoms with Gasteiger partial charge in [-0.2, -0.15) is 0 Å². The number of ether oxygens (including phenoxy) is 2. The van der Waals surface area contributed by atoms with Crippen LogP contribution in [0.1, 0.15) is 32.4 Å². The standard InChI is InChI=1S/C19H24N2O5S2/c1-4-26-16-8-5-13(9-17(16)25-3)19-21-15(10-27-19)11-28(23,24)12(2)18(22)20-14-6-7-14/h5,8-10,12,14H,4,6-7,11H2,1-3H3,(H,20,22)/t12-/m0/s1. The van der Waals surface area contributed by atoms with E-state index >= 15 is 0 Å². The van der Waals surface area contributed by atoms with E-state index in [1.54, 1.807) is 18.6 Å². The van der Waals surface area contributed by atoms with Gasteiger partial charge in [0.1, 0.15) is 10.3 Å². The third-order valence-electron chi connectivity index (χ3n) is 4.44. The number of carbonyl (C=O) groups is 1. The molecule has 0 spiro atoms. The van der Waals surface area contributed by atoms with Gasteiger partial charge in [0.25, 0.3) is 0 Å². The Kier molecular flexibility index (Phi) is 6.24. The number of amides is 1.